The number of nitrogens with zero attached hydrogens (tertiary/aromatic N) is 2. The van der Waals surface area contributed by atoms with E-state index in [1.54, 1.807) is 11.8 Å². The van der Waals surface area contributed by atoms with E-state index in [1.807, 2.05) is 45.0 Å². The third kappa shape index (κ3) is 4.64. The molecule has 0 fully saturated rings. The van der Waals surface area contributed by atoms with Crippen molar-refractivity contribution in [1.29, 1.82) is 0 Å². The maximum Gasteiger partial charge on any atom is 0.314 e. The molecule has 0 aliphatic carbocycles. The SMILES string of the molecule is COc1ccccc1CCNC(=O)C(=O)Nc1c2c(nn1C(C)(C)C)CS(=O)(=O)C2. The van der Waals surface area contributed by atoms with E-state index in [4.69, 9.17) is 4.74 Å². The van der Waals surface area contributed by atoms with Crippen molar-refractivity contribution in [3.63, 3.8) is 0 Å². The number of nitrogens with one attached hydrogen (secondary N) is 2. The first-order valence-corrected chi connectivity index (χ1v) is 11.4. The summed E-state index contributed by atoms with van der Waals surface area (Å²) >= 11 is 0. The predicted octanol–water partition coefficient (Wildman–Crippen LogP) is 1.37. The quantitative estimate of drug-likeness (QED) is 0.686. The van der Waals surface area contributed by atoms with Crippen molar-refractivity contribution in [3.05, 3.63) is 41.1 Å². The molecule has 1 aliphatic rings. The molecule has 0 unspecified atom stereocenters. The highest BCUT2D eigenvalue weighted by atomic mass is 32.2. The molecule has 2 aromatic rings. The Bertz CT molecular complexity index is 1080. The third-order valence-corrected chi connectivity index (χ3v) is 6.18. The van der Waals surface area contributed by atoms with Crippen molar-refractivity contribution in [2.75, 3.05) is 19.0 Å². The fraction of sp³-hybridized carbons (Fsp3) is 0.450. The summed E-state index contributed by atoms with van der Waals surface area (Å²) in [4.78, 5) is 24.8. The van der Waals surface area contributed by atoms with Crippen LogP contribution in [-0.4, -0.2) is 43.7 Å². The van der Waals surface area contributed by atoms with E-state index in [0.29, 0.717) is 23.4 Å². The van der Waals surface area contributed by atoms with Crippen molar-refractivity contribution in [2.45, 2.75) is 44.2 Å². The Morgan fingerprint density at radius 1 is 1.17 bits per heavy atom. The zero-order valence-corrected chi connectivity index (χ0v) is 18.3. The van der Waals surface area contributed by atoms with Gasteiger partial charge in [-0.1, -0.05) is 18.2 Å². The van der Waals surface area contributed by atoms with E-state index in [9.17, 15) is 18.0 Å². The molecule has 1 aromatic carbocycles. The van der Waals surface area contributed by atoms with Gasteiger partial charge < -0.3 is 15.4 Å². The minimum atomic E-state index is -3.29. The Morgan fingerprint density at radius 2 is 1.87 bits per heavy atom. The summed E-state index contributed by atoms with van der Waals surface area (Å²) in [5.41, 5.74) is 1.27. The normalized spacial score (nSPS) is 14.8. The number of rotatable bonds is 5. The van der Waals surface area contributed by atoms with Gasteiger partial charge in [-0.25, -0.2) is 13.1 Å². The average Bonchev–Trinajstić information content (AvgIpc) is 3.14. The molecular weight excluding hydrogens is 408 g/mol. The van der Waals surface area contributed by atoms with Gasteiger partial charge in [-0.05, 0) is 38.8 Å². The highest BCUT2D eigenvalue weighted by molar-refractivity contribution is 7.90. The van der Waals surface area contributed by atoms with Crippen LogP contribution in [0.4, 0.5) is 5.82 Å². The number of carbonyl (C=O) groups is 2. The summed E-state index contributed by atoms with van der Waals surface area (Å²) in [6.45, 7) is 5.89. The molecule has 1 aromatic heterocycles. The number of carbonyl (C=O) groups excluding carboxylic acids is 2. The summed E-state index contributed by atoms with van der Waals surface area (Å²) in [7, 11) is -1.72. The molecule has 1 aliphatic heterocycles. The van der Waals surface area contributed by atoms with E-state index in [2.05, 4.69) is 15.7 Å². The number of anilines is 1. The topological polar surface area (TPSA) is 119 Å². The molecule has 0 atom stereocenters. The minimum absolute atomic E-state index is 0.167. The first kappa shape index (κ1) is 21.8. The summed E-state index contributed by atoms with van der Waals surface area (Å²) < 4.78 is 30.8. The van der Waals surface area contributed by atoms with Crippen LogP contribution in [0.3, 0.4) is 0 Å². The van der Waals surface area contributed by atoms with Crippen molar-refractivity contribution in [2.24, 2.45) is 0 Å². The van der Waals surface area contributed by atoms with E-state index in [-0.39, 0.29) is 23.9 Å². The molecular formula is C20H26N4O5S. The second kappa shape index (κ2) is 8.10. The Morgan fingerprint density at radius 3 is 2.53 bits per heavy atom. The Hall–Kier alpha value is -2.88. The van der Waals surface area contributed by atoms with Gasteiger partial charge in [-0.15, -0.1) is 0 Å². The molecule has 10 heteroatoms. The minimum Gasteiger partial charge on any atom is -0.496 e. The molecule has 162 valence electrons. The standard InChI is InChI=1S/C20H26N4O5S/c1-20(2,3)24-17(14-11-30(27,28)12-15(14)23-24)22-19(26)18(25)21-10-9-13-7-5-6-8-16(13)29-4/h5-8H,9-12H2,1-4H3,(H,21,25)(H,22,26). The molecule has 0 saturated heterocycles. The molecule has 0 saturated carbocycles. The van der Waals surface area contributed by atoms with Gasteiger partial charge in [0, 0.05) is 12.1 Å². The first-order chi connectivity index (χ1) is 14.0. The lowest BCUT2D eigenvalue weighted by Crippen LogP contribution is -2.38. The number of hydrogen-bond donors (Lipinski definition) is 2. The zero-order chi connectivity index (χ0) is 22.1. The van der Waals surface area contributed by atoms with E-state index in [0.717, 1.165) is 5.56 Å². The number of aromatic nitrogens is 2. The van der Waals surface area contributed by atoms with Gasteiger partial charge in [-0.3, -0.25) is 9.59 Å². The van der Waals surface area contributed by atoms with Gasteiger partial charge in [0.25, 0.3) is 0 Å². The van der Waals surface area contributed by atoms with Crippen molar-refractivity contribution in [3.8, 4) is 5.75 Å². The van der Waals surface area contributed by atoms with Crippen LogP contribution in [0.1, 0.15) is 37.6 Å². The lowest BCUT2D eigenvalue weighted by molar-refractivity contribution is -0.136. The predicted molar refractivity (Wildman–Crippen MR) is 112 cm³/mol. The Kier molecular flexibility index (Phi) is 5.89. The highest BCUT2D eigenvalue weighted by Gasteiger charge is 2.35. The number of amides is 2. The van der Waals surface area contributed by atoms with Crippen LogP contribution in [0.25, 0.3) is 0 Å². The second-order valence-electron chi connectivity index (χ2n) is 8.16. The van der Waals surface area contributed by atoms with Gasteiger partial charge in [0.1, 0.15) is 11.6 Å². The van der Waals surface area contributed by atoms with Crippen LogP contribution in [0.15, 0.2) is 24.3 Å². The number of sulfone groups is 1. The lowest BCUT2D eigenvalue weighted by Gasteiger charge is -2.23. The van der Waals surface area contributed by atoms with Crippen molar-refractivity contribution < 1.29 is 22.7 Å². The first-order valence-electron chi connectivity index (χ1n) is 9.54. The largest absolute Gasteiger partial charge is 0.496 e. The van der Waals surface area contributed by atoms with Gasteiger partial charge in [0.2, 0.25) is 0 Å². The summed E-state index contributed by atoms with van der Waals surface area (Å²) in [6, 6.07) is 7.43. The van der Waals surface area contributed by atoms with Gasteiger partial charge in [0.15, 0.2) is 9.84 Å². The number of fused-ring (bicyclic) bond motifs is 1. The van der Waals surface area contributed by atoms with E-state index >= 15 is 0 Å². The number of methoxy groups -OCH3 is 1. The summed E-state index contributed by atoms with van der Waals surface area (Å²) in [5, 5.41) is 9.52. The van der Waals surface area contributed by atoms with Gasteiger partial charge in [0.05, 0.1) is 29.8 Å². The molecule has 0 radical (unpaired) electrons. The maximum absolute atomic E-state index is 12.5. The lowest BCUT2D eigenvalue weighted by atomic mass is 10.1. The molecule has 2 heterocycles. The third-order valence-electron chi connectivity index (χ3n) is 4.73. The molecule has 9 nitrogen and oxygen atoms in total. The van der Waals surface area contributed by atoms with Crippen LogP contribution >= 0.6 is 0 Å². The zero-order valence-electron chi connectivity index (χ0n) is 17.5. The van der Waals surface area contributed by atoms with Crippen LogP contribution in [0, 0.1) is 0 Å². The van der Waals surface area contributed by atoms with E-state index in [1.165, 1.54) is 0 Å². The number of hydrogen-bond acceptors (Lipinski definition) is 6. The molecule has 30 heavy (non-hydrogen) atoms. The van der Waals surface area contributed by atoms with Gasteiger partial charge >= 0.3 is 11.8 Å². The number of para-hydroxylation sites is 1. The maximum atomic E-state index is 12.5. The van der Waals surface area contributed by atoms with Crippen LogP contribution in [0.2, 0.25) is 0 Å². The Labute approximate surface area is 175 Å². The molecule has 0 spiro atoms. The fourth-order valence-corrected chi connectivity index (χ4v) is 4.81. The molecule has 3 rings (SSSR count). The molecule has 0 bridgehead atoms. The van der Waals surface area contributed by atoms with Crippen LogP contribution < -0.4 is 15.4 Å². The van der Waals surface area contributed by atoms with Crippen LogP contribution in [-0.2, 0) is 42.9 Å². The number of ether oxygens (including phenoxy) is 1. The fourth-order valence-electron chi connectivity index (χ4n) is 3.32. The molecule has 2 N–H and O–H groups in total. The monoisotopic (exact) mass is 434 g/mol. The number of benzene rings is 1. The van der Waals surface area contributed by atoms with Crippen LogP contribution in [0.5, 0.6) is 5.75 Å². The van der Waals surface area contributed by atoms with Crippen molar-refractivity contribution in [1.82, 2.24) is 15.1 Å². The average molecular weight is 435 g/mol. The summed E-state index contributed by atoms with van der Waals surface area (Å²) in [6.07, 6.45) is 0.497. The smallest absolute Gasteiger partial charge is 0.314 e. The van der Waals surface area contributed by atoms with E-state index < -0.39 is 27.2 Å². The highest BCUT2D eigenvalue weighted by Crippen LogP contribution is 2.34. The summed E-state index contributed by atoms with van der Waals surface area (Å²) in [5.74, 6) is -1.08. The van der Waals surface area contributed by atoms with Crippen molar-refractivity contribution >= 4 is 27.5 Å². The second-order valence-corrected chi connectivity index (χ2v) is 10.2. The Balaban J connectivity index is 1.69. The molecule has 2 amide bonds. The van der Waals surface area contributed by atoms with Gasteiger partial charge in [-0.2, -0.15) is 5.10 Å².